The van der Waals surface area contributed by atoms with Gasteiger partial charge < -0.3 is 16.5 Å². The van der Waals surface area contributed by atoms with E-state index >= 15 is 0 Å². The van der Waals surface area contributed by atoms with Crippen LogP contribution in [-0.4, -0.2) is 6.54 Å². The van der Waals surface area contributed by atoms with Gasteiger partial charge in [0.1, 0.15) is 0 Å². The highest BCUT2D eigenvalue weighted by Crippen LogP contribution is 2.16. The van der Waals surface area contributed by atoms with Crippen molar-refractivity contribution in [1.29, 1.82) is 0 Å². The molecule has 0 aliphatic carbocycles. The summed E-state index contributed by atoms with van der Waals surface area (Å²) in [6.45, 7) is 0.927. The lowest BCUT2D eigenvalue weighted by Gasteiger charge is -2.10. The fourth-order valence-corrected chi connectivity index (χ4v) is 2.19. The average molecular weight is 282 g/mol. The van der Waals surface area contributed by atoms with Crippen molar-refractivity contribution in [1.82, 2.24) is 5.43 Å². The Balaban J connectivity index is 1.85. The van der Waals surface area contributed by atoms with Crippen LogP contribution in [-0.2, 0) is 6.42 Å². The van der Waals surface area contributed by atoms with Gasteiger partial charge in [0.05, 0.1) is 5.70 Å². The van der Waals surface area contributed by atoms with Gasteiger partial charge in [0.2, 0.25) is 0 Å². The van der Waals surface area contributed by atoms with Gasteiger partial charge in [-0.1, -0.05) is 42.5 Å². The van der Waals surface area contributed by atoms with Crippen molar-refractivity contribution in [3.63, 3.8) is 0 Å². The van der Waals surface area contributed by atoms with E-state index in [9.17, 15) is 0 Å². The molecule has 21 heavy (non-hydrogen) atoms. The zero-order valence-electron chi connectivity index (χ0n) is 12.0. The number of hydrazine groups is 1. The molecule has 0 amide bonds. The fourth-order valence-electron chi connectivity index (χ4n) is 2.19. The first-order valence-corrected chi connectivity index (χ1v) is 7.10. The van der Waals surface area contributed by atoms with E-state index < -0.39 is 0 Å². The highest BCUT2D eigenvalue weighted by molar-refractivity contribution is 5.66. The number of benzene rings is 2. The number of hydrogen-bond donors (Lipinski definition) is 4. The van der Waals surface area contributed by atoms with Crippen LogP contribution >= 0.6 is 0 Å². The van der Waals surface area contributed by atoms with Crippen molar-refractivity contribution >= 4 is 11.4 Å². The molecule has 0 unspecified atom stereocenters. The summed E-state index contributed by atoms with van der Waals surface area (Å²) in [5.41, 5.74) is 12.2. The molecular formula is C17H22N4. The Morgan fingerprint density at radius 1 is 1.05 bits per heavy atom. The van der Waals surface area contributed by atoms with Crippen molar-refractivity contribution in [2.24, 2.45) is 11.6 Å². The van der Waals surface area contributed by atoms with Crippen LogP contribution in [0.15, 0.2) is 60.8 Å². The lowest BCUT2D eigenvalue weighted by atomic mass is 10.1. The Morgan fingerprint density at radius 2 is 1.86 bits per heavy atom. The van der Waals surface area contributed by atoms with Gasteiger partial charge in [-0.15, -0.1) is 0 Å². The highest BCUT2D eigenvalue weighted by Gasteiger charge is 2.00. The second-order valence-electron chi connectivity index (χ2n) is 4.82. The van der Waals surface area contributed by atoms with Crippen LogP contribution in [0.3, 0.4) is 0 Å². The average Bonchev–Trinajstić information content (AvgIpc) is 2.54. The van der Waals surface area contributed by atoms with Crippen LogP contribution in [0.5, 0.6) is 0 Å². The molecular weight excluding hydrogens is 260 g/mol. The summed E-state index contributed by atoms with van der Waals surface area (Å²) in [5.74, 6) is 5.43. The van der Waals surface area contributed by atoms with Gasteiger partial charge in [0.15, 0.2) is 0 Å². The molecule has 0 saturated heterocycles. The lowest BCUT2D eigenvalue weighted by Crippen LogP contribution is -2.21. The number of nitrogens with one attached hydrogen (secondary N) is 2. The molecule has 4 heteroatoms. The molecule has 0 bridgehead atoms. The summed E-state index contributed by atoms with van der Waals surface area (Å²) in [7, 11) is 0. The minimum absolute atomic E-state index is 0.711. The second-order valence-corrected chi connectivity index (χ2v) is 4.82. The largest absolute Gasteiger partial charge is 0.403 e. The van der Waals surface area contributed by atoms with E-state index in [1.807, 2.05) is 30.3 Å². The summed E-state index contributed by atoms with van der Waals surface area (Å²) >= 11 is 0. The van der Waals surface area contributed by atoms with Crippen LogP contribution in [0.1, 0.15) is 17.5 Å². The first kappa shape index (κ1) is 14.9. The Labute approximate surface area is 125 Å². The first-order chi connectivity index (χ1) is 10.3. The molecule has 6 N–H and O–H groups in total. The zero-order chi connectivity index (χ0) is 14.9. The zero-order valence-corrected chi connectivity index (χ0v) is 12.0. The SMILES string of the molecule is N/C=C(\NN)c1cccc(NCCCc2ccccc2)c1. The van der Waals surface area contributed by atoms with Gasteiger partial charge in [-0.25, -0.2) is 0 Å². The van der Waals surface area contributed by atoms with E-state index in [1.165, 1.54) is 11.8 Å². The molecule has 0 radical (unpaired) electrons. The fraction of sp³-hybridized carbons (Fsp3) is 0.176. The van der Waals surface area contributed by atoms with E-state index in [-0.39, 0.29) is 0 Å². The van der Waals surface area contributed by atoms with Crippen molar-refractivity contribution in [3.8, 4) is 0 Å². The van der Waals surface area contributed by atoms with E-state index in [0.717, 1.165) is 30.6 Å². The molecule has 0 aliphatic heterocycles. The van der Waals surface area contributed by atoms with Gasteiger partial charge in [-0.05, 0) is 30.5 Å². The summed E-state index contributed by atoms with van der Waals surface area (Å²) in [5, 5.41) is 3.42. The van der Waals surface area contributed by atoms with Gasteiger partial charge in [0, 0.05) is 24.0 Å². The van der Waals surface area contributed by atoms with Gasteiger partial charge >= 0.3 is 0 Å². The highest BCUT2D eigenvalue weighted by atomic mass is 15.2. The summed E-state index contributed by atoms with van der Waals surface area (Å²) in [6, 6.07) is 18.5. The quantitative estimate of drug-likeness (QED) is 0.357. The smallest absolute Gasteiger partial charge is 0.0714 e. The number of anilines is 1. The third-order valence-electron chi connectivity index (χ3n) is 3.31. The third kappa shape index (κ3) is 4.54. The van der Waals surface area contributed by atoms with Crippen molar-refractivity contribution in [2.75, 3.05) is 11.9 Å². The Kier molecular flexibility index (Phi) is 5.67. The first-order valence-electron chi connectivity index (χ1n) is 7.10. The summed E-state index contributed by atoms with van der Waals surface area (Å²) in [6.07, 6.45) is 3.63. The summed E-state index contributed by atoms with van der Waals surface area (Å²) in [4.78, 5) is 0. The van der Waals surface area contributed by atoms with E-state index in [2.05, 4.69) is 35.0 Å². The normalized spacial score (nSPS) is 11.2. The van der Waals surface area contributed by atoms with Crippen molar-refractivity contribution in [2.45, 2.75) is 12.8 Å². The lowest BCUT2D eigenvalue weighted by molar-refractivity contribution is 0.863. The molecule has 0 heterocycles. The molecule has 0 fully saturated rings. The Hall–Kier alpha value is -2.46. The molecule has 2 aromatic rings. The molecule has 0 aliphatic rings. The molecule has 110 valence electrons. The van der Waals surface area contributed by atoms with Crippen LogP contribution in [0, 0.1) is 0 Å². The molecule has 2 aromatic carbocycles. The maximum absolute atomic E-state index is 5.53. The van der Waals surface area contributed by atoms with Crippen LogP contribution in [0.2, 0.25) is 0 Å². The van der Waals surface area contributed by atoms with Gasteiger partial charge in [0.25, 0.3) is 0 Å². The number of rotatable bonds is 7. The maximum Gasteiger partial charge on any atom is 0.0714 e. The number of hydrogen-bond acceptors (Lipinski definition) is 4. The van der Waals surface area contributed by atoms with Gasteiger partial charge in [-0.2, -0.15) is 0 Å². The van der Waals surface area contributed by atoms with E-state index in [1.54, 1.807) is 0 Å². The second kappa shape index (κ2) is 7.97. The predicted octanol–water partition coefficient (Wildman–Crippen LogP) is 2.45. The van der Waals surface area contributed by atoms with E-state index in [0.29, 0.717) is 5.70 Å². The van der Waals surface area contributed by atoms with Crippen molar-refractivity contribution in [3.05, 3.63) is 71.9 Å². The molecule has 0 saturated carbocycles. The molecule has 0 aromatic heterocycles. The molecule has 2 rings (SSSR count). The topological polar surface area (TPSA) is 76.1 Å². The molecule has 0 atom stereocenters. The molecule has 0 spiro atoms. The van der Waals surface area contributed by atoms with Crippen LogP contribution in [0.4, 0.5) is 5.69 Å². The Bertz CT molecular complexity index is 578. The van der Waals surface area contributed by atoms with Crippen LogP contribution in [0.25, 0.3) is 5.70 Å². The van der Waals surface area contributed by atoms with Crippen molar-refractivity contribution < 1.29 is 0 Å². The third-order valence-corrected chi connectivity index (χ3v) is 3.31. The minimum atomic E-state index is 0.711. The Morgan fingerprint density at radius 3 is 2.57 bits per heavy atom. The predicted molar refractivity (Wildman–Crippen MR) is 89.2 cm³/mol. The summed E-state index contributed by atoms with van der Waals surface area (Å²) < 4.78 is 0. The van der Waals surface area contributed by atoms with Crippen LogP contribution < -0.4 is 22.3 Å². The standard InChI is InChI=1S/C17H22N4/c18-13-17(21-19)15-9-4-10-16(12-15)20-11-5-8-14-6-2-1-3-7-14/h1-4,6-7,9-10,12-13,20-21H,5,8,11,18-19H2/b17-13-. The van der Waals surface area contributed by atoms with E-state index in [4.69, 9.17) is 11.6 Å². The van der Waals surface area contributed by atoms with Gasteiger partial charge in [-0.3, -0.25) is 5.84 Å². The number of nitrogens with two attached hydrogens (primary N) is 2. The molecule has 4 nitrogen and oxygen atoms in total. The number of aryl methyl sites for hydroxylation is 1. The monoisotopic (exact) mass is 282 g/mol. The minimum Gasteiger partial charge on any atom is -0.403 e. The maximum atomic E-state index is 5.53.